The molecule has 0 aliphatic heterocycles. The normalized spacial score (nSPS) is 11.3. The fourth-order valence-corrected chi connectivity index (χ4v) is 2.03. The summed E-state index contributed by atoms with van der Waals surface area (Å²) in [6.07, 6.45) is 3.94. The lowest BCUT2D eigenvalue weighted by Gasteiger charge is -1.94. The molecule has 88 valence electrons. The second-order valence-electron chi connectivity index (χ2n) is 4.24. The quantitative estimate of drug-likeness (QED) is 0.668. The van der Waals surface area contributed by atoms with E-state index in [-0.39, 0.29) is 0 Å². The Hall–Kier alpha value is -2.35. The number of nitrogens with zero attached hydrogens (tertiary/aromatic N) is 1. The van der Waals surface area contributed by atoms with Crippen molar-refractivity contribution < 1.29 is 0 Å². The summed E-state index contributed by atoms with van der Waals surface area (Å²) in [5.74, 6) is 0. The van der Waals surface area contributed by atoms with Crippen LogP contribution in [0.2, 0.25) is 0 Å². The first-order chi connectivity index (χ1) is 8.93. The number of hydrogen-bond donors (Lipinski definition) is 1. The molecular formula is C16H14N2. The highest BCUT2D eigenvalue weighted by atomic mass is 14.7. The van der Waals surface area contributed by atoms with Crippen LogP contribution in [0.3, 0.4) is 0 Å². The van der Waals surface area contributed by atoms with Crippen molar-refractivity contribution in [1.82, 2.24) is 4.98 Å². The molecule has 2 nitrogen and oxygen atoms in total. The van der Waals surface area contributed by atoms with Gasteiger partial charge in [0.25, 0.3) is 0 Å². The second kappa shape index (κ2) is 4.88. The van der Waals surface area contributed by atoms with Crippen molar-refractivity contribution in [3.8, 4) is 0 Å². The van der Waals surface area contributed by atoms with Crippen molar-refractivity contribution in [3.05, 3.63) is 71.9 Å². The second-order valence-corrected chi connectivity index (χ2v) is 4.24. The summed E-state index contributed by atoms with van der Waals surface area (Å²) in [7, 11) is 0. The molecule has 0 saturated carbocycles. The fourth-order valence-electron chi connectivity index (χ4n) is 2.03. The number of para-hydroxylation sites is 1. The molecule has 0 spiro atoms. The summed E-state index contributed by atoms with van der Waals surface area (Å²) in [6, 6.07) is 18.5. The third-order valence-corrected chi connectivity index (χ3v) is 2.97. The van der Waals surface area contributed by atoms with Crippen molar-refractivity contribution in [1.29, 1.82) is 0 Å². The van der Waals surface area contributed by atoms with E-state index in [0.29, 0.717) is 0 Å². The summed E-state index contributed by atoms with van der Waals surface area (Å²) in [5.41, 5.74) is 3.52. The van der Waals surface area contributed by atoms with Gasteiger partial charge in [-0.2, -0.15) is 0 Å². The van der Waals surface area contributed by atoms with Crippen molar-refractivity contribution in [2.75, 3.05) is 0 Å². The maximum atomic E-state index is 4.49. The Morgan fingerprint density at radius 1 is 0.944 bits per heavy atom. The zero-order chi connectivity index (χ0) is 12.2. The van der Waals surface area contributed by atoms with E-state index in [1.54, 1.807) is 0 Å². The van der Waals surface area contributed by atoms with E-state index in [9.17, 15) is 0 Å². The third-order valence-electron chi connectivity index (χ3n) is 2.97. The molecule has 0 unspecified atom stereocenters. The Morgan fingerprint density at radius 2 is 1.72 bits per heavy atom. The molecular weight excluding hydrogens is 220 g/mol. The molecule has 1 aromatic heterocycles. The van der Waals surface area contributed by atoms with Gasteiger partial charge in [-0.05, 0) is 11.6 Å². The average molecular weight is 234 g/mol. The maximum Gasteiger partial charge on any atom is 0.0639 e. The molecule has 0 saturated heterocycles. The SMILES string of the molecule is C(=NCc1ccccc1)c1c[nH]c2ccccc12. The van der Waals surface area contributed by atoms with Crippen LogP contribution in [0, 0.1) is 0 Å². The highest BCUT2D eigenvalue weighted by molar-refractivity contribution is 5.98. The summed E-state index contributed by atoms with van der Waals surface area (Å²) in [6.45, 7) is 0.723. The molecule has 0 bridgehead atoms. The minimum absolute atomic E-state index is 0.723. The summed E-state index contributed by atoms with van der Waals surface area (Å²) in [5, 5.41) is 1.22. The molecule has 2 aromatic carbocycles. The molecule has 0 amide bonds. The zero-order valence-corrected chi connectivity index (χ0v) is 10.0. The number of aromatic amines is 1. The van der Waals surface area contributed by atoms with Gasteiger partial charge in [0.15, 0.2) is 0 Å². The molecule has 0 aliphatic rings. The Kier molecular flexibility index (Phi) is 2.92. The molecule has 0 radical (unpaired) electrons. The fraction of sp³-hybridized carbons (Fsp3) is 0.0625. The first-order valence-electron chi connectivity index (χ1n) is 6.03. The van der Waals surface area contributed by atoms with Crippen LogP contribution >= 0.6 is 0 Å². The highest BCUT2D eigenvalue weighted by Crippen LogP contribution is 2.15. The Labute approximate surface area is 106 Å². The molecule has 1 heterocycles. The summed E-state index contributed by atoms with van der Waals surface area (Å²) < 4.78 is 0. The van der Waals surface area contributed by atoms with E-state index in [0.717, 1.165) is 17.6 Å². The smallest absolute Gasteiger partial charge is 0.0639 e. The lowest BCUT2D eigenvalue weighted by Crippen LogP contribution is -1.82. The van der Waals surface area contributed by atoms with Crippen LogP contribution in [0.5, 0.6) is 0 Å². The molecule has 0 aliphatic carbocycles. The van der Waals surface area contributed by atoms with Gasteiger partial charge in [-0.15, -0.1) is 0 Å². The number of H-pyrrole nitrogens is 1. The minimum Gasteiger partial charge on any atom is -0.361 e. The van der Waals surface area contributed by atoms with Gasteiger partial charge in [-0.3, -0.25) is 4.99 Å². The number of nitrogens with one attached hydrogen (secondary N) is 1. The van der Waals surface area contributed by atoms with Crippen molar-refractivity contribution in [3.63, 3.8) is 0 Å². The Balaban J connectivity index is 1.80. The molecule has 0 fully saturated rings. The first-order valence-corrected chi connectivity index (χ1v) is 6.03. The average Bonchev–Trinajstić information content (AvgIpc) is 2.84. The van der Waals surface area contributed by atoms with Crippen molar-refractivity contribution >= 4 is 17.1 Å². The predicted molar refractivity (Wildman–Crippen MR) is 76.0 cm³/mol. The van der Waals surface area contributed by atoms with E-state index in [1.807, 2.05) is 42.7 Å². The van der Waals surface area contributed by atoms with Gasteiger partial charge in [0, 0.05) is 28.9 Å². The van der Waals surface area contributed by atoms with E-state index in [1.165, 1.54) is 10.9 Å². The standard InChI is InChI=1S/C16H14N2/c1-2-6-13(7-3-1)10-17-11-14-12-18-16-9-5-4-8-15(14)16/h1-9,11-12,18H,10H2. The highest BCUT2D eigenvalue weighted by Gasteiger charge is 1.98. The number of rotatable bonds is 3. The number of hydrogen-bond acceptors (Lipinski definition) is 1. The molecule has 2 heteroatoms. The maximum absolute atomic E-state index is 4.49. The summed E-state index contributed by atoms with van der Waals surface area (Å²) in [4.78, 5) is 7.73. The largest absolute Gasteiger partial charge is 0.361 e. The zero-order valence-electron chi connectivity index (χ0n) is 10.0. The Morgan fingerprint density at radius 3 is 2.61 bits per heavy atom. The number of benzene rings is 2. The van der Waals surface area contributed by atoms with Crippen LogP contribution in [0.1, 0.15) is 11.1 Å². The van der Waals surface area contributed by atoms with Gasteiger partial charge in [0.2, 0.25) is 0 Å². The molecule has 0 atom stereocenters. The van der Waals surface area contributed by atoms with E-state index in [2.05, 4.69) is 34.2 Å². The first kappa shape index (κ1) is 10.8. The molecule has 1 N–H and O–H groups in total. The lowest BCUT2D eigenvalue weighted by atomic mass is 10.2. The van der Waals surface area contributed by atoms with Gasteiger partial charge < -0.3 is 4.98 Å². The van der Waals surface area contributed by atoms with Gasteiger partial charge >= 0.3 is 0 Å². The molecule has 3 aromatic rings. The monoisotopic (exact) mass is 234 g/mol. The molecule has 3 rings (SSSR count). The predicted octanol–water partition coefficient (Wildman–Crippen LogP) is 3.79. The van der Waals surface area contributed by atoms with Gasteiger partial charge in [0.05, 0.1) is 6.54 Å². The van der Waals surface area contributed by atoms with E-state index < -0.39 is 0 Å². The van der Waals surface area contributed by atoms with Gasteiger partial charge in [-0.1, -0.05) is 48.5 Å². The van der Waals surface area contributed by atoms with Gasteiger partial charge in [-0.25, -0.2) is 0 Å². The van der Waals surface area contributed by atoms with Crippen molar-refractivity contribution in [2.45, 2.75) is 6.54 Å². The number of fused-ring (bicyclic) bond motifs is 1. The van der Waals surface area contributed by atoms with Crippen molar-refractivity contribution in [2.24, 2.45) is 4.99 Å². The van der Waals surface area contributed by atoms with E-state index >= 15 is 0 Å². The minimum atomic E-state index is 0.723. The van der Waals surface area contributed by atoms with Gasteiger partial charge in [0.1, 0.15) is 0 Å². The van der Waals surface area contributed by atoms with Crippen LogP contribution in [-0.2, 0) is 6.54 Å². The van der Waals surface area contributed by atoms with E-state index in [4.69, 9.17) is 0 Å². The topological polar surface area (TPSA) is 28.1 Å². The number of aromatic nitrogens is 1. The van der Waals surface area contributed by atoms with Crippen LogP contribution < -0.4 is 0 Å². The van der Waals surface area contributed by atoms with Crippen LogP contribution in [0.15, 0.2) is 65.8 Å². The Bertz CT molecular complexity index is 666. The summed E-state index contributed by atoms with van der Waals surface area (Å²) >= 11 is 0. The van der Waals surface area contributed by atoms with Crippen LogP contribution in [0.25, 0.3) is 10.9 Å². The third kappa shape index (κ3) is 2.18. The number of aliphatic imine (C=N–C) groups is 1. The van der Waals surface area contributed by atoms with Crippen LogP contribution in [0.4, 0.5) is 0 Å². The van der Waals surface area contributed by atoms with Crippen LogP contribution in [-0.4, -0.2) is 11.2 Å². The molecule has 18 heavy (non-hydrogen) atoms. The lowest BCUT2D eigenvalue weighted by molar-refractivity contribution is 1.08.